The molecule has 1 aromatic carbocycles. The average molecular weight is 376 g/mol. The number of methoxy groups -OCH3 is 2. The van der Waals surface area contributed by atoms with Crippen LogP contribution in [0.4, 0.5) is 0 Å². The van der Waals surface area contributed by atoms with E-state index in [9.17, 15) is 10.1 Å². The number of nitro groups is 1. The van der Waals surface area contributed by atoms with Crippen LogP contribution >= 0.6 is 0 Å². The number of hydrogen-bond acceptors (Lipinski definition) is 6. The van der Waals surface area contributed by atoms with Gasteiger partial charge in [0, 0.05) is 29.6 Å². The zero-order chi connectivity index (χ0) is 19.2. The van der Waals surface area contributed by atoms with Gasteiger partial charge in [0.2, 0.25) is 6.54 Å². The molecule has 148 valence electrons. The molecule has 0 aromatic heterocycles. The fourth-order valence-corrected chi connectivity index (χ4v) is 4.19. The third-order valence-electron chi connectivity index (χ3n) is 5.50. The fourth-order valence-electron chi connectivity index (χ4n) is 4.19. The van der Waals surface area contributed by atoms with E-state index in [0.717, 1.165) is 37.9 Å². The Morgan fingerprint density at radius 1 is 1.26 bits per heavy atom. The molecule has 1 aromatic rings. The molecule has 3 rings (SSSR count). The Hall–Kier alpha value is -2.28. The topological polar surface area (TPSA) is 74.1 Å². The van der Waals surface area contributed by atoms with Crippen LogP contribution in [0.1, 0.15) is 30.7 Å². The lowest BCUT2D eigenvalue weighted by Gasteiger charge is -2.39. The number of ether oxygens (including phenoxy) is 3. The van der Waals surface area contributed by atoms with Gasteiger partial charge in [0.15, 0.2) is 11.5 Å². The zero-order valence-corrected chi connectivity index (χ0v) is 16.1. The molecular formula is C20H28N2O5. The first-order chi connectivity index (χ1) is 13.1. The van der Waals surface area contributed by atoms with Crippen molar-refractivity contribution in [2.75, 3.05) is 47.1 Å². The fraction of sp³-hybridized carbons (Fsp3) is 0.600. The maximum absolute atomic E-state index is 11.5. The number of benzene rings is 1. The molecule has 2 aliphatic rings. The quantitative estimate of drug-likeness (QED) is 0.538. The van der Waals surface area contributed by atoms with Gasteiger partial charge in [-0.25, -0.2) is 0 Å². The summed E-state index contributed by atoms with van der Waals surface area (Å²) in [6, 6.07) is 5.65. The molecule has 0 N–H and O–H groups in total. The number of hydrogen-bond donors (Lipinski definition) is 0. The Morgan fingerprint density at radius 3 is 2.67 bits per heavy atom. The maximum atomic E-state index is 11.5. The molecule has 7 heteroatoms. The van der Waals surface area contributed by atoms with Crippen molar-refractivity contribution in [1.29, 1.82) is 0 Å². The summed E-state index contributed by atoms with van der Waals surface area (Å²) in [6.07, 6.45) is 5.31. The predicted octanol–water partition coefficient (Wildman–Crippen LogP) is 3.08. The minimum absolute atomic E-state index is 0.0954. The van der Waals surface area contributed by atoms with Gasteiger partial charge in [-0.05, 0) is 37.0 Å². The van der Waals surface area contributed by atoms with Gasteiger partial charge < -0.3 is 19.1 Å². The lowest BCUT2D eigenvalue weighted by atomic mass is 9.77. The van der Waals surface area contributed by atoms with Crippen LogP contribution in [0.5, 0.6) is 11.5 Å². The highest BCUT2D eigenvalue weighted by Crippen LogP contribution is 2.41. The van der Waals surface area contributed by atoms with Crippen LogP contribution in [0.25, 0.3) is 0 Å². The van der Waals surface area contributed by atoms with Crippen molar-refractivity contribution in [3.8, 4) is 11.5 Å². The first-order valence-electron chi connectivity index (χ1n) is 9.50. The second kappa shape index (κ2) is 9.08. The highest BCUT2D eigenvalue weighted by Gasteiger charge is 2.35. The molecule has 2 atom stereocenters. The first kappa shape index (κ1) is 19.5. The molecule has 1 aliphatic heterocycles. The van der Waals surface area contributed by atoms with Crippen LogP contribution in [-0.4, -0.2) is 56.9 Å². The SMILES string of the molecule is COc1ccc([C@@H](C[N+](=O)[O-])[C@H]2CCCC=C2N2CCOCC2)cc1OC. The molecule has 0 amide bonds. The smallest absolute Gasteiger partial charge is 0.211 e. The number of nitrogens with zero attached hydrogens (tertiary/aromatic N) is 2. The van der Waals surface area contributed by atoms with Crippen molar-refractivity contribution in [2.45, 2.75) is 25.2 Å². The van der Waals surface area contributed by atoms with Crippen molar-refractivity contribution >= 4 is 0 Å². The summed E-state index contributed by atoms with van der Waals surface area (Å²) in [5.74, 6) is 1.17. The molecule has 0 saturated carbocycles. The monoisotopic (exact) mass is 376 g/mol. The van der Waals surface area contributed by atoms with Gasteiger partial charge in [-0.3, -0.25) is 10.1 Å². The lowest BCUT2D eigenvalue weighted by molar-refractivity contribution is -0.484. The van der Waals surface area contributed by atoms with Crippen molar-refractivity contribution in [3.63, 3.8) is 0 Å². The van der Waals surface area contributed by atoms with Gasteiger partial charge in [-0.2, -0.15) is 0 Å². The molecule has 1 aliphatic carbocycles. The summed E-state index contributed by atoms with van der Waals surface area (Å²) in [6.45, 7) is 3.02. The van der Waals surface area contributed by atoms with E-state index in [1.54, 1.807) is 14.2 Å². The molecule has 1 fully saturated rings. The van der Waals surface area contributed by atoms with Crippen molar-refractivity contribution < 1.29 is 19.1 Å². The second-order valence-corrected chi connectivity index (χ2v) is 7.00. The Bertz CT molecular complexity index is 685. The van der Waals surface area contributed by atoms with E-state index in [0.29, 0.717) is 24.7 Å². The van der Waals surface area contributed by atoms with E-state index in [-0.39, 0.29) is 23.3 Å². The number of allylic oxidation sites excluding steroid dienone is 2. The minimum atomic E-state index is -0.201. The Morgan fingerprint density at radius 2 is 2.00 bits per heavy atom. The summed E-state index contributed by atoms with van der Waals surface area (Å²) in [5, 5.41) is 11.5. The van der Waals surface area contributed by atoms with Crippen LogP contribution < -0.4 is 9.47 Å². The van der Waals surface area contributed by atoms with Gasteiger partial charge in [0.25, 0.3) is 0 Å². The highest BCUT2D eigenvalue weighted by molar-refractivity contribution is 5.44. The molecule has 27 heavy (non-hydrogen) atoms. The summed E-state index contributed by atoms with van der Waals surface area (Å²) in [7, 11) is 3.18. The second-order valence-electron chi connectivity index (χ2n) is 7.00. The van der Waals surface area contributed by atoms with E-state index < -0.39 is 0 Å². The molecular weight excluding hydrogens is 348 g/mol. The van der Waals surface area contributed by atoms with Crippen LogP contribution in [0, 0.1) is 16.0 Å². The van der Waals surface area contributed by atoms with Gasteiger partial charge >= 0.3 is 0 Å². The normalized spacial score (nSPS) is 21.3. The standard InChI is InChI=1S/C20H28N2O5/c1-25-19-8-7-15(13-20(19)26-2)17(14-22(23)24)16-5-3-4-6-18(16)21-9-11-27-12-10-21/h6-8,13,16-17H,3-5,9-12,14H2,1-2H3/t16-,17-/m1/s1. The maximum Gasteiger partial charge on any atom is 0.211 e. The van der Waals surface area contributed by atoms with Gasteiger partial charge in [-0.15, -0.1) is 0 Å². The third-order valence-corrected chi connectivity index (χ3v) is 5.50. The molecule has 0 spiro atoms. The lowest BCUT2D eigenvalue weighted by Crippen LogP contribution is -2.40. The van der Waals surface area contributed by atoms with E-state index in [2.05, 4.69) is 11.0 Å². The summed E-state index contributed by atoms with van der Waals surface area (Å²) in [4.78, 5) is 13.6. The van der Waals surface area contributed by atoms with E-state index in [4.69, 9.17) is 14.2 Å². The van der Waals surface area contributed by atoms with Crippen LogP contribution in [0.2, 0.25) is 0 Å². The molecule has 0 bridgehead atoms. The number of morpholine rings is 1. The molecule has 0 radical (unpaired) electrons. The number of rotatable bonds is 7. The van der Waals surface area contributed by atoms with Crippen molar-refractivity contribution in [2.24, 2.45) is 5.92 Å². The van der Waals surface area contributed by atoms with E-state index >= 15 is 0 Å². The molecule has 1 heterocycles. The Balaban J connectivity index is 1.94. The Labute approximate surface area is 160 Å². The van der Waals surface area contributed by atoms with E-state index in [1.807, 2.05) is 18.2 Å². The summed E-state index contributed by atoms with van der Waals surface area (Å²) >= 11 is 0. The van der Waals surface area contributed by atoms with Crippen molar-refractivity contribution in [3.05, 3.63) is 45.6 Å². The van der Waals surface area contributed by atoms with Crippen LogP contribution in [0.15, 0.2) is 30.0 Å². The first-order valence-corrected chi connectivity index (χ1v) is 9.50. The largest absolute Gasteiger partial charge is 0.493 e. The predicted molar refractivity (Wildman–Crippen MR) is 102 cm³/mol. The zero-order valence-electron chi connectivity index (χ0n) is 16.1. The van der Waals surface area contributed by atoms with Crippen molar-refractivity contribution in [1.82, 2.24) is 4.90 Å². The minimum Gasteiger partial charge on any atom is -0.493 e. The van der Waals surface area contributed by atoms with Gasteiger partial charge in [0.1, 0.15) is 0 Å². The van der Waals surface area contributed by atoms with E-state index in [1.165, 1.54) is 5.70 Å². The summed E-state index contributed by atoms with van der Waals surface area (Å²) < 4.78 is 16.2. The van der Waals surface area contributed by atoms with Gasteiger partial charge in [-0.1, -0.05) is 12.1 Å². The van der Waals surface area contributed by atoms with Gasteiger partial charge in [0.05, 0.1) is 33.4 Å². The third kappa shape index (κ3) is 4.53. The molecule has 1 saturated heterocycles. The molecule has 0 unspecified atom stereocenters. The highest BCUT2D eigenvalue weighted by atomic mass is 16.6. The van der Waals surface area contributed by atoms with Crippen LogP contribution in [0.3, 0.4) is 0 Å². The summed E-state index contributed by atoms with van der Waals surface area (Å²) in [5.41, 5.74) is 2.17. The average Bonchev–Trinajstić information content (AvgIpc) is 2.72. The Kier molecular flexibility index (Phi) is 6.55. The molecule has 7 nitrogen and oxygen atoms in total. The van der Waals surface area contributed by atoms with Crippen LogP contribution in [-0.2, 0) is 4.74 Å².